The summed E-state index contributed by atoms with van der Waals surface area (Å²) in [6.45, 7) is 13.4. The Morgan fingerprint density at radius 1 is 0.706 bits per heavy atom. The van der Waals surface area contributed by atoms with Gasteiger partial charge in [-0.1, -0.05) is 0 Å². The van der Waals surface area contributed by atoms with Crippen LogP contribution in [0.3, 0.4) is 0 Å². The molecule has 0 nitrogen and oxygen atoms in total. The summed E-state index contributed by atoms with van der Waals surface area (Å²) in [7, 11) is -2.28. The first kappa shape index (κ1) is 31.6. The normalized spacial score (nSPS) is 6.94. The van der Waals surface area contributed by atoms with Gasteiger partial charge in [0.05, 0.1) is 0 Å². The third-order valence-corrected chi connectivity index (χ3v) is 4.50. The topological polar surface area (TPSA) is 0 Å². The average Bonchev–Trinajstić information content (AvgIpc) is 1.98. The fourth-order valence-corrected chi connectivity index (χ4v) is 5.16. The first-order valence-corrected chi connectivity index (χ1v) is 12.5. The van der Waals surface area contributed by atoms with E-state index in [1.165, 1.54) is 0 Å². The summed E-state index contributed by atoms with van der Waals surface area (Å²) in [6.07, 6.45) is 0. The molecule has 0 rings (SSSR count). The Labute approximate surface area is 165 Å². The van der Waals surface area contributed by atoms with E-state index < -0.39 is 25.7 Å². The largest absolute Gasteiger partial charge is 2.00 e. The van der Waals surface area contributed by atoms with E-state index in [9.17, 15) is 0 Å². The van der Waals surface area contributed by atoms with Crippen LogP contribution in [-0.2, 0) is 0 Å². The van der Waals surface area contributed by atoms with Gasteiger partial charge in [-0.3, -0.25) is 0 Å². The molecule has 0 aromatic heterocycles. The predicted octanol–water partition coefficient (Wildman–Crippen LogP) is -4.39. The molecule has 0 spiro atoms. The summed E-state index contributed by atoms with van der Waals surface area (Å²) in [4.78, 5) is 0. The van der Waals surface area contributed by atoms with Crippen LogP contribution in [0.25, 0.3) is 0 Å². The molecule has 0 unspecified atom stereocenters. The molecule has 0 fully saturated rings. The predicted molar refractivity (Wildman–Crippen MR) is 79.5 cm³/mol. The van der Waals surface area contributed by atoms with Crippen molar-refractivity contribution in [2.75, 3.05) is 0 Å². The fourth-order valence-electron chi connectivity index (χ4n) is 0.594. The van der Waals surface area contributed by atoms with Crippen molar-refractivity contribution in [3.05, 3.63) is 0 Å². The molecule has 0 amide bonds. The molecule has 0 N–H and O–H groups in total. The van der Waals surface area contributed by atoms with E-state index in [4.69, 9.17) is 0 Å². The smallest absolute Gasteiger partial charge is 1.00 e. The molecule has 7 heteroatoms. The molecule has 0 saturated carbocycles. The first-order valence-electron chi connectivity index (χ1n) is 4.50. The number of halogens is 2. The second-order valence-electron chi connectivity index (χ2n) is 4.12. The van der Waals surface area contributed by atoms with Gasteiger partial charge in [-0.2, -0.15) is 37.3 Å². The van der Waals surface area contributed by atoms with E-state index in [1.807, 2.05) is 0 Å². The van der Waals surface area contributed by atoms with Crippen LogP contribution >= 0.6 is 0 Å². The molecule has 0 aliphatic carbocycles. The Hall–Kier alpha value is 2.26. The molecule has 0 aromatic carbocycles. The van der Waals surface area contributed by atoms with E-state index >= 15 is 0 Å². The van der Waals surface area contributed by atoms with Crippen LogP contribution in [0.2, 0.25) is 39.3 Å². The maximum absolute atomic E-state index is 3.39. The average molecular weight is 431 g/mol. The zero-order chi connectivity index (χ0) is 10.5. The molecule has 0 bridgehead atoms. The van der Waals surface area contributed by atoms with Gasteiger partial charge in [-0.05, 0) is 13.1 Å². The third kappa shape index (κ3) is 23.7. The quantitative estimate of drug-likeness (QED) is 0.269. The third-order valence-electron chi connectivity index (χ3n) is 1.25. The van der Waals surface area contributed by atoms with Crippen molar-refractivity contribution in [3.63, 3.8) is 0 Å². The van der Waals surface area contributed by atoms with Gasteiger partial charge in [0.15, 0.2) is 0 Å². The minimum atomic E-state index is -1.50. The second-order valence-corrected chi connectivity index (χ2v) is 12.4. The van der Waals surface area contributed by atoms with E-state index in [0.29, 0.717) is 0 Å². The van der Waals surface area contributed by atoms with E-state index in [2.05, 4.69) is 61.5 Å². The van der Waals surface area contributed by atoms with Crippen LogP contribution in [0, 0.1) is 22.2 Å². The molecular formula is C10H18Br2Mg2Si3. The maximum Gasteiger partial charge on any atom is 2.00 e. The van der Waals surface area contributed by atoms with Crippen molar-refractivity contribution >= 4 is 71.8 Å². The van der Waals surface area contributed by atoms with Gasteiger partial charge in [0.2, 0.25) is 8.07 Å². The Kier molecular flexibility index (Phi) is 30.3. The Morgan fingerprint density at radius 2 is 0.941 bits per heavy atom. The summed E-state index contributed by atoms with van der Waals surface area (Å²) in [5, 5.41) is 0. The van der Waals surface area contributed by atoms with Crippen molar-refractivity contribution < 1.29 is 34.0 Å². The minimum absolute atomic E-state index is 0. The van der Waals surface area contributed by atoms with E-state index in [-0.39, 0.29) is 80.1 Å². The van der Waals surface area contributed by atoms with Gasteiger partial charge >= 0.3 is 46.1 Å². The van der Waals surface area contributed by atoms with Gasteiger partial charge in [-0.15, -0.1) is 0 Å². The van der Waals surface area contributed by atoms with Gasteiger partial charge in [0.25, 0.3) is 0 Å². The first-order chi connectivity index (χ1) is 5.83. The van der Waals surface area contributed by atoms with E-state index in [1.54, 1.807) is 0 Å². The monoisotopic (exact) mass is 428 g/mol. The van der Waals surface area contributed by atoms with Crippen molar-refractivity contribution in [1.82, 2.24) is 0 Å². The second kappa shape index (κ2) is 16.3. The van der Waals surface area contributed by atoms with Crippen LogP contribution in [0.5, 0.6) is 0 Å². The van der Waals surface area contributed by atoms with Crippen molar-refractivity contribution in [3.8, 4) is 22.2 Å². The van der Waals surface area contributed by atoms with Gasteiger partial charge in [0, 0.05) is 0 Å². The van der Waals surface area contributed by atoms with Crippen LogP contribution in [0.15, 0.2) is 0 Å². The van der Waals surface area contributed by atoms with Crippen LogP contribution < -0.4 is 34.0 Å². The molecule has 0 aromatic rings. The maximum atomic E-state index is 3.39. The Morgan fingerprint density at radius 3 is 1.12 bits per heavy atom. The van der Waals surface area contributed by atoms with Gasteiger partial charge < -0.3 is 45.1 Å². The summed E-state index contributed by atoms with van der Waals surface area (Å²) >= 11 is 0. The molecule has 0 atom stereocenters. The summed E-state index contributed by atoms with van der Waals surface area (Å²) in [6, 6.07) is 0. The molecule has 0 radical (unpaired) electrons. The van der Waals surface area contributed by atoms with Crippen molar-refractivity contribution in [2.45, 2.75) is 39.3 Å². The summed E-state index contributed by atoms with van der Waals surface area (Å²) < 4.78 is 0. The van der Waals surface area contributed by atoms with Crippen LogP contribution in [-0.4, -0.2) is 71.8 Å². The number of rotatable bonds is 0. The number of hydrogen-bond donors (Lipinski definition) is 0. The summed E-state index contributed by atoms with van der Waals surface area (Å²) in [5.41, 5.74) is 13.4. The minimum Gasteiger partial charge on any atom is -1.00 e. The molecular weight excluding hydrogens is 413 g/mol. The zero-order valence-electron chi connectivity index (χ0n) is 11.7. The SMILES string of the molecule is C[Si-](C)C#C[Si](C)(C)C#C[Si-](C)C.[Br-].[Br-].[Mg+2].[Mg+2]. The molecule has 0 aliphatic heterocycles. The molecule has 17 heavy (non-hydrogen) atoms. The Balaban J connectivity index is -0.000000120. The standard InChI is InChI=1S/C10H18Si3.2BrH.2Mg/c1-11(2)7-9-13(5,6)10-8-12(3)4;;;;/h1-6H3;2*1H;;/q-2;;;2*+2/p-2. The zero-order valence-corrected chi connectivity index (χ0v) is 20.7. The van der Waals surface area contributed by atoms with E-state index in [0.717, 1.165) is 0 Å². The van der Waals surface area contributed by atoms with Crippen LogP contribution in [0.1, 0.15) is 0 Å². The molecule has 0 saturated heterocycles. The molecule has 88 valence electrons. The Bertz CT molecular complexity index is 257. The van der Waals surface area contributed by atoms with Crippen molar-refractivity contribution in [2.24, 2.45) is 0 Å². The molecule has 0 heterocycles. The fraction of sp³-hybridized carbons (Fsp3) is 0.600. The number of hydrogen-bond acceptors (Lipinski definition) is 0. The van der Waals surface area contributed by atoms with Gasteiger partial charge in [-0.25, -0.2) is 17.6 Å². The van der Waals surface area contributed by atoms with Crippen molar-refractivity contribution in [1.29, 1.82) is 0 Å². The van der Waals surface area contributed by atoms with Gasteiger partial charge in [0.1, 0.15) is 0 Å². The summed E-state index contributed by atoms with van der Waals surface area (Å²) in [5.74, 6) is 0. The molecule has 0 aliphatic rings. The van der Waals surface area contributed by atoms with Crippen LogP contribution in [0.4, 0.5) is 0 Å².